The van der Waals surface area contributed by atoms with Gasteiger partial charge in [0, 0.05) is 29.4 Å². The molecule has 10 heteroatoms. The quantitative estimate of drug-likeness (QED) is 0.352. The van der Waals surface area contributed by atoms with E-state index in [1.165, 1.54) is 0 Å². The molecule has 0 bridgehead atoms. The van der Waals surface area contributed by atoms with E-state index in [1.54, 1.807) is 4.90 Å². The van der Waals surface area contributed by atoms with Crippen molar-refractivity contribution < 1.29 is 28.6 Å². The van der Waals surface area contributed by atoms with E-state index in [2.05, 4.69) is 15.3 Å². The van der Waals surface area contributed by atoms with Crippen molar-refractivity contribution >= 4 is 40.6 Å². The number of anilines is 1. The number of hydrogen-bond donors (Lipinski definition) is 2. The van der Waals surface area contributed by atoms with Crippen molar-refractivity contribution in [2.75, 3.05) is 11.6 Å². The van der Waals surface area contributed by atoms with Crippen LogP contribution in [0.25, 0.3) is 10.9 Å². The van der Waals surface area contributed by atoms with E-state index < -0.39 is 30.1 Å². The van der Waals surface area contributed by atoms with E-state index >= 15 is 0 Å². The zero-order valence-corrected chi connectivity index (χ0v) is 22.3. The molecule has 0 saturated carbocycles. The molecule has 3 heterocycles. The Morgan fingerprint density at radius 3 is 2.68 bits per heavy atom. The highest BCUT2D eigenvalue weighted by atomic mass is 16.6. The van der Waals surface area contributed by atoms with Gasteiger partial charge in [-0.25, -0.2) is 9.59 Å². The van der Waals surface area contributed by atoms with Crippen molar-refractivity contribution in [3.63, 3.8) is 0 Å². The Balaban J connectivity index is 1.18. The number of amidine groups is 1. The molecule has 2 aliphatic heterocycles. The van der Waals surface area contributed by atoms with Crippen LogP contribution in [0.3, 0.4) is 0 Å². The number of aliphatic imine (C=N–C) groups is 1. The lowest BCUT2D eigenvalue weighted by Gasteiger charge is -2.30. The number of rotatable bonds is 5. The van der Waals surface area contributed by atoms with Gasteiger partial charge in [0.1, 0.15) is 12.6 Å². The number of cyclic esters (lactones) is 1. The summed E-state index contributed by atoms with van der Waals surface area (Å²) in [5.41, 5.74) is 4.13. The number of amides is 2. The van der Waals surface area contributed by atoms with E-state index in [4.69, 9.17) is 14.2 Å². The SMILES string of the molecule is C[C@H](c1c[nH]c2ccccc12)[C@@H]1OC(N2COC(=O)[C@@H](NC(=O)OCc3ccccc3)Cc3ccccc32)=NC1=O. The largest absolute Gasteiger partial charge is 0.450 e. The van der Waals surface area contributed by atoms with Crippen LogP contribution in [0.15, 0.2) is 90.1 Å². The predicted molar refractivity (Wildman–Crippen MR) is 151 cm³/mol. The summed E-state index contributed by atoms with van der Waals surface area (Å²) in [6.45, 7) is 1.74. The van der Waals surface area contributed by atoms with Gasteiger partial charge >= 0.3 is 18.1 Å². The molecule has 0 saturated heterocycles. The van der Waals surface area contributed by atoms with E-state index in [0.717, 1.165) is 27.6 Å². The average molecular weight is 553 g/mol. The molecule has 1 aromatic heterocycles. The second-order valence-electron chi connectivity index (χ2n) is 9.96. The van der Waals surface area contributed by atoms with Gasteiger partial charge < -0.3 is 24.5 Å². The van der Waals surface area contributed by atoms with E-state index in [1.807, 2.05) is 92.0 Å². The molecular formula is C31H28N4O6. The molecule has 2 aliphatic rings. The van der Waals surface area contributed by atoms with Crippen molar-refractivity contribution in [2.45, 2.75) is 38.0 Å². The van der Waals surface area contributed by atoms with Crippen molar-refractivity contribution in [1.29, 1.82) is 0 Å². The summed E-state index contributed by atoms with van der Waals surface area (Å²) >= 11 is 0. The number of benzene rings is 3. The molecule has 4 aromatic rings. The van der Waals surface area contributed by atoms with Gasteiger partial charge in [-0.1, -0.05) is 73.7 Å². The molecule has 10 nitrogen and oxygen atoms in total. The summed E-state index contributed by atoms with van der Waals surface area (Å²) in [5, 5.41) is 3.63. The summed E-state index contributed by atoms with van der Waals surface area (Å²) < 4.78 is 17.0. The van der Waals surface area contributed by atoms with Crippen LogP contribution in [0.1, 0.15) is 29.5 Å². The summed E-state index contributed by atoms with van der Waals surface area (Å²) in [6.07, 6.45) is 0.456. The fourth-order valence-corrected chi connectivity index (χ4v) is 5.15. The molecule has 0 spiro atoms. The molecule has 2 N–H and O–H groups in total. The first-order chi connectivity index (χ1) is 20.0. The highest BCUT2D eigenvalue weighted by Crippen LogP contribution is 2.33. The Bertz CT molecular complexity index is 1630. The monoisotopic (exact) mass is 552 g/mol. The number of H-pyrrole nitrogens is 1. The molecule has 3 atom stereocenters. The topological polar surface area (TPSA) is 122 Å². The normalized spacial score (nSPS) is 19.3. The van der Waals surface area contributed by atoms with Crippen LogP contribution in [0.2, 0.25) is 0 Å². The second-order valence-corrected chi connectivity index (χ2v) is 9.96. The molecule has 0 radical (unpaired) electrons. The zero-order chi connectivity index (χ0) is 28.3. The number of carbonyl (C=O) groups excluding carboxylic acids is 3. The first kappa shape index (κ1) is 26.1. The van der Waals surface area contributed by atoms with Gasteiger partial charge in [-0.05, 0) is 28.8 Å². The number of aromatic amines is 1. The van der Waals surface area contributed by atoms with Gasteiger partial charge in [-0.3, -0.25) is 9.69 Å². The Labute approximate surface area is 235 Å². The van der Waals surface area contributed by atoms with E-state index in [-0.39, 0.29) is 31.7 Å². The molecule has 3 aromatic carbocycles. The number of para-hydroxylation sites is 2. The third-order valence-corrected chi connectivity index (χ3v) is 7.31. The molecule has 6 rings (SSSR count). The predicted octanol–water partition coefficient (Wildman–Crippen LogP) is 4.41. The van der Waals surface area contributed by atoms with Crippen LogP contribution >= 0.6 is 0 Å². The number of fused-ring (bicyclic) bond motifs is 2. The first-order valence-electron chi connectivity index (χ1n) is 13.3. The Hall–Kier alpha value is -5.12. The smallest absolute Gasteiger partial charge is 0.408 e. The second kappa shape index (κ2) is 11.2. The van der Waals surface area contributed by atoms with Crippen molar-refractivity contribution in [1.82, 2.24) is 10.3 Å². The number of esters is 1. The van der Waals surface area contributed by atoms with Gasteiger partial charge in [0.15, 0.2) is 12.8 Å². The van der Waals surface area contributed by atoms with Crippen molar-refractivity contribution in [3.05, 3.63) is 102 Å². The highest BCUT2D eigenvalue weighted by Gasteiger charge is 2.40. The fraction of sp³-hybridized carbons (Fsp3) is 0.226. The lowest BCUT2D eigenvalue weighted by Crippen LogP contribution is -2.47. The van der Waals surface area contributed by atoms with Gasteiger partial charge in [0.2, 0.25) is 0 Å². The Morgan fingerprint density at radius 1 is 1.07 bits per heavy atom. The Kier molecular flexibility index (Phi) is 7.11. The third-order valence-electron chi connectivity index (χ3n) is 7.31. The molecule has 0 unspecified atom stereocenters. The van der Waals surface area contributed by atoms with Crippen LogP contribution in [0.4, 0.5) is 10.5 Å². The summed E-state index contributed by atoms with van der Waals surface area (Å²) in [7, 11) is 0. The number of aromatic nitrogens is 1. The van der Waals surface area contributed by atoms with Crippen LogP contribution in [0.5, 0.6) is 0 Å². The van der Waals surface area contributed by atoms with Crippen LogP contribution < -0.4 is 10.2 Å². The fourth-order valence-electron chi connectivity index (χ4n) is 5.15. The number of hydrogen-bond acceptors (Lipinski definition) is 7. The van der Waals surface area contributed by atoms with Crippen LogP contribution in [0, 0.1) is 0 Å². The molecule has 41 heavy (non-hydrogen) atoms. The standard InChI is InChI=1S/C31H28N4O6/c1-19(23-16-32-24-13-7-6-12-22(23)24)27-28(36)34-30(41-27)35-18-40-29(37)25(15-21-11-5-8-14-26(21)35)33-31(38)39-17-20-9-3-2-4-10-20/h2-14,16,19,25,27,32H,15,17-18H2,1H3,(H,33,38)/t19-,25+,27+/m1/s1. The van der Waals surface area contributed by atoms with E-state index in [9.17, 15) is 14.4 Å². The summed E-state index contributed by atoms with van der Waals surface area (Å²) in [5.74, 6) is -1.35. The van der Waals surface area contributed by atoms with E-state index in [0.29, 0.717) is 5.69 Å². The molecule has 0 aliphatic carbocycles. The zero-order valence-electron chi connectivity index (χ0n) is 22.3. The number of nitrogens with zero attached hydrogens (tertiary/aromatic N) is 2. The maximum atomic E-state index is 13.0. The van der Waals surface area contributed by atoms with Gasteiger partial charge in [-0.2, -0.15) is 4.99 Å². The molecule has 2 amide bonds. The maximum absolute atomic E-state index is 13.0. The highest BCUT2D eigenvalue weighted by molar-refractivity contribution is 6.06. The minimum Gasteiger partial charge on any atom is -0.450 e. The van der Waals surface area contributed by atoms with Crippen molar-refractivity contribution in [3.8, 4) is 0 Å². The number of nitrogens with one attached hydrogen (secondary N) is 2. The number of alkyl carbamates (subject to hydrolysis) is 1. The van der Waals surface area contributed by atoms with Gasteiger partial charge in [0.05, 0.1) is 5.69 Å². The Morgan fingerprint density at radius 2 is 1.83 bits per heavy atom. The summed E-state index contributed by atoms with van der Waals surface area (Å²) in [4.78, 5) is 47.6. The minimum atomic E-state index is -0.968. The van der Waals surface area contributed by atoms with Crippen LogP contribution in [-0.2, 0) is 36.8 Å². The molecular weight excluding hydrogens is 524 g/mol. The van der Waals surface area contributed by atoms with Crippen molar-refractivity contribution in [2.24, 2.45) is 4.99 Å². The lowest BCUT2D eigenvalue weighted by atomic mass is 9.94. The minimum absolute atomic E-state index is 0.0561. The first-order valence-corrected chi connectivity index (χ1v) is 13.3. The van der Waals surface area contributed by atoms with Crippen LogP contribution in [-0.4, -0.2) is 47.9 Å². The summed E-state index contributed by atoms with van der Waals surface area (Å²) in [6, 6.07) is 23.5. The molecule has 0 fully saturated rings. The third kappa shape index (κ3) is 5.36. The maximum Gasteiger partial charge on any atom is 0.408 e. The molecule has 208 valence electrons. The number of ether oxygens (including phenoxy) is 3. The van der Waals surface area contributed by atoms with Gasteiger partial charge in [-0.15, -0.1) is 0 Å². The van der Waals surface area contributed by atoms with Gasteiger partial charge in [0.25, 0.3) is 5.91 Å². The lowest BCUT2D eigenvalue weighted by molar-refractivity contribution is -0.146. The average Bonchev–Trinajstić information content (AvgIpc) is 3.59. The number of carbonyl (C=O) groups is 3.